The summed E-state index contributed by atoms with van der Waals surface area (Å²) >= 11 is 0. The fraction of sp³-hybridized carbons (Fsp3) is 0.316. The molecular weight excluding hydrogens is 357 g/mol. The number of amidine groups is 1. The number of nitrogens with one attached hydrogen (secondary N) is 1. The Bertz CT molecular complexity index is 804. The van der Waals surface area contributed by atoms with Gasteiger partial charge in [0.15, 0.2) is 0 Å². The highest BCUT2D eigenvalue weighted by atomic mass is 19.4. The molecule has 0 aliphatic rings. The monoisotopic (exact) mass is 378 g/mol. The van der Waals surface area contributed by atoms with Crippen molar-refractivity contribution in [3.05, 3.63) is 47.5 Å². The van der Waals surface area contributed by atoms with E-state index in [4.69, 9.17) is 11.1 Å². The first-order valence-electron chi connectivity index (χ1n) is 8.48. The van der Waals surface area contributed by atoms with E-state index in [1.165, 1.54) is 11.0 Å². The van der Waals surface area contributed by atoms with E-state index in [9.17, 15) is 18.0 Å². The minimum absolute atomic E-state index is 0.286. The third-order valence-corrected chi connectivity index (χ3v) is 4.17. The fourth-order valence-corrected chi connectivity index (χ4v) is 2.65. The summed E-state index contributed by atoms with van der Waals surface area (Å²) in [5.74, 6) is -0.258. The molecule has 1 aromatic carbocycles. The van der Waals surface area contributed by atoms with Gasteiger partial charge in [0.25, 0.3) is 0 Å². The molecule has 0 unspecified atom stereocenters. The van der Waals surface area contributed by atoms with Crippen molar-refractivity contribution in [2.75, 3.05) is 12.3 Å². The van der Waals surface area contributed by atoms with Crippen molar-refractivity contribution in [3.8, 4) is 11.3 Å². The third-order valence-electron chi connectivity index (χ3n) is 4.17. The molecule has 5 nitrogen and oxygen atoms in total. The van der Waals surface area contributed by atoms with E-state index in [-0.39, 0.29) is 5.84 Å². The lowest BCUT2D eigenvalue weighted by Crippen LogP contribution is -2.28. The minimum atomic E-state index is -4.52. The maximum Gasteiger partial charge on any atom is 0.419 e. The standard InChI is InChI=1S/C19H21F3N4O/c1-2-26(12-27)17(23)5-3-4-13-6-8-14(9-7-13)16-11-10-15(18(24)25-16)19(20,21)22/h6-12,23H,2-5H2,1H3,(H2,24,25). The molecular formula is C19H21F3N4O. The molecule has 27 heavy (non-hydrogen) atoms. The molecule has 8 heteroatoms. The zero-order valence-corrected chi connectivity index (χ0v) is 14.9. The minimum Gasteiger partial charge on any atom is -0.383 e. The molecule has 0 fully saturated rings. The summed E-state index contributed by atoms with van der Waals surface area (Å²) in [6.07, 6.45) is -1.94. The Morgan fingerprint density at radius 3 is 2.41 bits per heavy atom. The lowest BCUT2D eigenvalue weighted by Gasteiger charge is -2.15. The predicted octanol–water partition coefficient (Wildman–Crippen LogP) is 4.13. The first-order chi connectivity index (χ1) is 12.8. The number of anilines is 1. The fourth-order valence-electron chi connectivity index (χ4n) is 2.65. The van der Waals surface area contributed by atoms with Gasteiger partial charge >= 0.3 is 6.18 Å². The van der Waals surface area contributed by atoms with Gasteiger partial charge in [0.2, 0.25) is 6.41 Å². The zero-order valence-electron chi connectivity index (χ0n) is 14.9. The van der Waals surface area contributed by atoms with E-state index in [1.807, 2.05) is 19.1 Å². The highest BCUT2D eigenvalue weighted by Gasteiger charge is 2.33. The third kappa shape index (κ3) is 5.29. The van der Waals surface area contributed by atoms with Crippen molar-refractivity contribution in [3.63, 3.8) is 0 Å². The number of aromatic nitrogens is 1. The smallest absolute Gasteiger partial charge is 0.383 e. The van der Waals surface area contributed by atoms with Gasteiger partial charge in [0.1, 0.15) is 11.7 Å². The normalized spacial score (nSPS) is 11.3. The van der Waals surface area contributed by atoms with Gasteiger partial charge in [-0.3, -0.25) is 10.2 Å². The van der Waals surface area contributed by atoms with Crippen molar-refractivity contribution in [1.82, 2.24) is 9.88 Å². The molecule has 144 valence electrons. The first kappa shape index (κ1) is 20.4. The number of rotatable bonds is 7. The molecule has 3 N–H and O–H groups in total. The molecule has 0 saturated carbocycles. The van der Waals surface area contributed by atoms with Crippen molar-refractivity contribution in [2.45, 2.75) is 32.4 Å². The largest absolute Gasteiger partial charge is 0.419 e. The molecule has 0 bridgehead atoms. The average molecular weight is 378 g/mol. The Morgan fingerprint density at radius 1 is 1.22 bits per heavy atom. The number of carbonyl (C=O) groups is 1. The lowest BCUT2D eigenvalue weighted by molar-refractivity contribution is -0.137. The number of amides is 1. The first-order valence-corrected chi connectivity index (χ1v) is 8.48. The van der Waals surface area contributed by atoms with Crippen molar-refractivity contribution in [1.29, 1.82) is 5.41 Å². The van der Waals surface area contributed by atoms with Gasteiger partial charge in [0, 0.05) is 18.5 Å². The Hall–Kier alpha value is -2.90. The van der Waals surface area contributed by atoms with E-state index >= 15 is 0 Å². The van der Waals surface area contributed by atoms with E-state index in [2.05, 4.69) is 4.98 Å². The molecule has 1 aromatic heterocycles. The molecule has 0 aliphatic carbocycles. The second-order valence-electron chi connectivity index (χ2n) is 6.02. The Labute approximate surface area is 155 Å². The zero-order chi connectivity index (χ0) is 20.0. The topological polar surface area (TPSA) is 83.1 Å². The molecule has 0 radical (unpaired) electrons. The van der Waals surface area contributed by atoms with Crippen molar-refractivity contribution < 1.29 is 18.0 Å². The van der Waals surface area contributed by atoms with Crippen LogP contribution < -0.4 is 5.73 Å². The van der Waals surface area contributed by atoms with Gasteiger partial charge in [-0.05, 0) is 37.5 Å². The number of carbonyl (C=O) groups excluding carboxylic acids is 1. The van der Waals surface area contributed by atoms with Crippen LogP contribution >= 0.6 is 0 Å². The van der Waals surface area contributed by atoms with Gasteiger partial charge in [0.05, 0.1) is 11.3 Å². The molecule has 2 aromatic rings. The van der Waals surface area contributed by atoms with Crippen LogP contribution in [0.1, 0.15) is 30.9 Å². The number of nitrogen functional groups attached to an aromatic ring is 1. The van der Waals surface area contributed by atoms with Crippen LogP contribution in [0.2, 0.25) is 0 Å². The van der Waals surface area contributed by atoms with E-state index in [0.717, 1.165) is 18.1 Å². The summed E-state index contributed by atoms with van der Waals surface area (Å²) in [5, 5.41) is 7.83. The van der Waals surface area contributed by atoms with Gasteiger partial charge in [-0.15, -0.1) is 0 Å². The second kappa shape index (κ2) is 8.66. The quantitative estimate of drug-likeness (QED) is 0.432. The molecule has 1 amide bonds. The number of pyridine rings is 1. The maximum atomic E-state index is 12.7. The number of nitrogens with zero attached hydrogens (tertiary/aromatic N) is 2. The summed E-state index contributed by atoms with van der Waals surface area (Å²) in [6, 6.07) is 9.52. The molecule has 0 aliphatic heterocycles. The number of alkyl halides is 3. The lowest BCUT2D eigenvalue weighted by atomic mass is 10.0. The number of benzene rings is 1. The number of hydrogen-bond donors (Lipinski definition) is 2. The van der Waals surface area contributed by atoms with E-state index in [1.54, 1.807) is 12.1 Å². The number of halogens is 3. The van der Waals surface area contributed by atoms with Gasteiger partial charge in [-0.2, -0.15) is 13.2 Å². The van der Waals surface area contributed by atoms with Crippen molar-refractivity contribution in [2.24, 2.45) is 0 Å². The molecule has 2 rings (SSSR count). The van der Waals surface area contributed by atoms with Crippen LogP contribution in [-0.4, -0.2) is 28.7 Å². The summed E-state index contributed by atoms with van der Waals surface area (Å²) in [5.41, 5.74) is 6.57. The van der Waals surface area contributed by atoms with Crippen LogP contribution in [0.4, 0.5) is 19.0 Å². The summed E-state index contributed by atoms with van der Waals surface area (Å²) in [4.78, 5) is 16.0. The Morgan fingerprint density at radius 2 is 1.89 bits per heavy atom. The highest BCUT2D eigenvalue weighted by molar-refractivity contribution is 5.88. The predicted molar refractivity (Wildman–Crippen MR) is 98.2 cm³/mol. The van der Waals surface area contributed by atoms with Crippen LogP contribution in [0, 0.1) is 5.41 Å². The van der Waals surface area contributed by atoms with Crippen LogP contribution in [0.3, 0.4) is 0 Å². The van der Waals surface area contributed by atoms with Gasteiger partial charge in [-0.1, -0.05) is 24.3 Å². The average Bonchev–Trinajstić information content (AvgIpc) is 2.62. The van der Waals surface area contributed by atoms with Crippen LogP contribution in [-0.2, 0) is 17.4 Å². The molecule has 0 atom stereocenters. The van der Waals surface area contributed by atoms with E-state index in [0.29, 0.717) is 37.1 Å². The number of aryl methyl sites for hydroxylation is 1. The van der Waals surface area contributed by atoms with Crippen LogP contribution in [0.25, 0.3) is 11.3 Å². The summed E-state index contributed by atoms with van der Waals surface area (Å²) in [7, 11) is 0. The Kier molecular flexibility index (Phi) is 6.55. The Balaban J connectivity index is 2.00. The van der Waals surface area contributed by atoms with E-state index < -0.39 is 17.6 Å². The molecule has 1 heterocycles. The van der Waals surface area contributed by atoms with Crippen LogP contribution in [0.15, 0.2) is 36.4 Å². The summed E-state index contributed by atoms with van der Waals surface area (Å²) in [6.45, 7) is 2.28. The van der Waals surface area contributed by atoms with Crippen molar-refractivity contribution >= 4 is 18.1 Å². The van der Waals surface area contributed by atoms with Crippen LogP contribution in [0.5, 0.6) is 0 Å². The van der Waals surface area contributed by atoms with Gasteiger partial charge < -0.3 is 10.6 Å². The maximum absolute atomic E-state index is 12.7. The summed E-state index contributed by atoms with van der Waals surface area (Å²) < 4.78 is 38.2. The molecule has 0 spiro atoms. The second-order valence-corrected chi connectivity index (χ2v) is 6.02. The highest BCUT2D eigenvalue weighted by Crippen LogP contribution is 2.33. The van der Waals surface area contributed by atoms with Gasteiger partial charge in [-0.25, -0.2) is 4.98 Å². The molecule has 0 saturated heterocycles. The SMILES string of the molecule is CCN(C=O)C(=N)CCCc1ccc(-c2ccc(C(F)(F)F)c(N)n2)cc1. The number of hydrogen-bond acceptors (Lipinski definition) is 4. The number of nitrogens with two attached hydrogens (primary N) is 1.